The number of piperidine rings is 1. The van der Waals surface area contributed by atoms with Crippen molar-refractivity contribution in [3.63, 3.8) is 0 Å². The minimum atomic E-state index is 0.284. The number of likely N-dealkylation sites (tertiary alicyclic amines) is 1. The molecule has 2 saturated heterocycles. The normalized spacial score (nSPS) is 36.0. The second-order valence-corrected chi connectivity index (χ2v) is 7.92. The molecule has 2 rings (SSSR count). The van der Waals surface area contributed by atoms with Crippen molar-refractivity contribution in [3.05, 3.63) is 0 Å². The van der Waals surface area contributed by atoms with Crippen LogP contribution < -0.4 is 5.73 Å². The van der Waals surface area contributed by atoms with E-state index in [9.17, 15) is 0 Å². The molecule has 3 heteroatoms. The van der Waals surface area contributed by atoms with Gasteiger partial charge in [0.05, 0.1) is 0 Å². The van der Waals surface area contributed by atoms with Gasteiger partial charge < -0.3 is 5.73 Å². The fourth-order valence-electron chi connectivity index (χ4n) is 3.46. The van der Waals surface area contributed by atoms with Crippen molar-refractivity contribution >= 4 is 11.8 Å². The minimum absolute atomic E-state index is 0.284. The van der Waals surface area contributed by atoms with Crippen molar-refractivity contribution in [2.45, 2.75) is 45.6 Å². The van der Waals surface area contributed by atoms with E-state index >= 15 is 0 Å². The Labute approximate surface area is 111 Å². The van der Waals surface area contributed by atoms with Gasteiger partial charge in [-0.1, -0.05) is 20.8 Å². The number of hydrogen-bond donors (Lipinski definition) is 1. The van der Waals surface area contributed by atoms with Gasteiger partial charge in [0.1, 0.15) is 0 Å². The topological polar surface area (TPSA) is 29.3 Å². The van der Waals surface area contributed by atoms with Crippen molar-refractivity contribution in [3.8, 4) is 0 Å². The number of rotatable bonds is 2. The first kappa shape index (κ1) is 13.7. The Bertz CT molecular complexity index is 259. The molecule has 0 saturated carbocycles. The van der Waals surface area contributed by atoms with Crippen LogP contribution in [0.4, 0.5) is 0 Å². The first-order valence-corrected chi connectivity index (χ1v) is 8.16. The fraction of sp³-hybridized carbons (Fsp3) is 1.00. The molecule has 0 radical (unpaired) electrons. The monoisotopic (exact) mass is 256 g/mol. The molecular weight excluding hydrogens is 228 g/mol. The summed E-state index contributed by atoms with van der Waals surface area (Å²) in [5.41, 5.74) is 6.90. The molecule has 17 heavy (non-hydrogen) atoms. The van der Waals surface area contributed by atoms with Gasteiger partial charge in [0.15, 0.2) is 0 Å². The van der Waals surface area contributed by atoms with E-state index in [-0.39, 0.29) is 5.54 Å². The van der Waals surface area contributed by atoms with Crippen molar-refractivity contribution in [2.75, 3.05) is 31.1 Å². The molecule has 2 N–H and O–H groups in total. The zero-order valence-corrected chi connectivity index (χ0v) is 12.5. The van der Waals surface area contributed by atoms with E-state index in [0.29, 0.717) is 5.41 Å². The molecule has 1 unspecified atom stereocenters. The van der Waals surface area contributed by atoms with Crippen molar-refractivity contribution in [1.82, 2.24) is 4.90 Å². The molecule has 0 amide bonds. The molecule has 2 aliphatic rings. The third-order valence-corrected chi connectivity index (χ3v) is 6.23. The molecular formula is C14H28N2S. The maximum absolute atomic E-state index is 6.17. The van der Waals surface area contributed by atoms with Crippen molar-refractivity contribution in [1.29, 1.82) is 0 Å². The van der Waals surface area contributed by atoms with E-state index in [1.165, 1.54) is 43.9 Å². The lowest BCUT2D eigenvalue weighted by molar-refractivity contribution is 0.0400. The van der Waals surface area contributed by atoms with Gasteiger partial charge in [-0.25, -0.2) is 0 Å². The van der Waals surface area contributed by atoms with Crippen LogP contribution in [0.2, 0.25) is 0 Å². The van der Waals surface area contributed by atoms with E-state index in [1.54, 1.807) is 0 Å². The molecule has 0 aromatic rings. The lowest BCUT2D eigenvalue weighted by Gasteiger charge is -2.52. The van der Waals surface area contributed by atoms with Crippen LogP contribution in [0, 0.1) is 11.3 Å². The Balaban J connectivity index is 2.08. The summed E-state index contributed by atoms with van der Waals surface area (Å²) in [6, 6.07) is 0. The van der Waals surface area contributed by atoms with Crippen LogP contribution in [-0.4, -0.2) is 41.6 Å². The number of hydrogen-bond acceptors (Lipinski definition) is 3. The van der Waals surface area contributed by atoms with Crippen LogP contribution in [0.1, 0.15) is 40.0 Å². The summed E-state index contributed by atoms with van der Waals surface area (Å²) >= 11 is 2.11. The Morgan fingerprint density at radius 2 is 1.88 bits per heavy atom. The first-order valence-electron chi connectivity index (χ1n) is 7.00. The Kier molecular flexibility index (Phi) is 4.11. The Hall–Kier alpha value is 0.270. The van der Waals surface area contributed by atoms with E-state index in [0.717, 1.165) is 12.5 Å². The SMILES string of the molecule is CC1CCN(C2(CN)CSCC(C)(C)C2)CC1. The molecule has 1 atom stereocenters. The predicted molar refractivity (Wildman–Crippen MR) is 77.5 cm³/mol. The standard InChI is InChI=1S/C14H28N2S/c1-12-4-6-16(7-5-12)14(9-15)8-13(2,3)10-17-11-14/h12H,4-11,15H2,1-3H3. The number of nitrogens with zero attached hydrogens (tertiary/aromatic N) is 1. The summed E-state index contributed by atoms with van der Waals surface area (Å²) in [7, 11) is 0. The second kappa shape index (κ2) is 5.10. The molecule has 2 nitrogen and oxygen atoms in total. The molecule has 2 aliphatic heterocycles. The van der Waals surface area contributed by atoms with Gasteiger partial charge in [0.25, 0.3) is 0 Å². The summed E-state index contributed by atoms with van der Waals surface area (Å²) < 4.78 is 0. The smallest absolute Gasteiger partial charge is 0.0427 e. The van der Waals surface area contributed by atoms with Crippen LogP contribution in [0.3, 0.4) is 0 Å². The third kappa shape index (κ3) is 2.99. The Morgan fingerprint density at radius 1 is 1.24 bits per heavy atom. The first-order chi connectivity index (χ1) is 7.97. The molecule has 0 spiro atoms. The van der Waals surface area contributed by atoms with Gasteiger partial charge in [-0.3, -0.25) is 4.90 Å². The lowest BCUT2D eigenvalue weighted by Crippen LogP contribution is -2.61. The highest BCUT2D eigenvalue weighted by Crippen LogP contribution is 2.42. The molecule has 0 aliphatic carbocycles. The van der Waals surface area contributed by atoms with E-state index in [1.807, 2.05) is 0 Å². The van der Waals surface area contributed by atoms with Gasteiger partial charge in [0, 0.05) is 17.8 Å². The van der Waals surface area contributed by atoms with Crippen molar-refractivity contribution < 1.29 is 0 Å². The average molecular weight is 256 g/mol. The van der Waals surface area contributed by atoms with Gasteiger partial charge in [-0.15, -0.1) is 0 Å². The van der Waals surface area contributed by atoms with Crippen LogP contribution in [0.15, 0.2) is 0 Å². The fourth-order valence-corrected chi connectivity index (χ4v) is 5.00. The lowest BCUT2D eigenvalue weighted by atomic mass is 9.77. The second-order valence-electron chi connectivity index (χ2n) is 6.93. The van der Waals surface area contributed by atoms with E-state index in [2.05, 4.69) is 37.4 Å². The van der Waals surface area contributed by atoms with Gasteiger partial charge in [-0.05, 0) is 49.4 Å². The van der Waals surface area contributed by atoms with E-state index < -0.39 is 0 Å². The summed E-state index contributed by atoms with van der Waals surface area (Å²) in [5, 5.41) is 0. The molecule has 0 bridgehead atoms. The number of thioether (sulfide) groups is 1. The van der Waals surface area contributed by atoms with Crippen LogP contribution >= 0.6 is 11.8 Å². The maximum Gasteiger partial charge on any atom is 0.0427 e. The summed E-state index contributed by atoms with van der Waals surface area (Å²) in [4.78, 5) is 2.71. The number of nitrogens with two attached hydrogens (primary N) is 1. The van der Waals surface area contributed by atoms with Gasteiger partial charge in [-0.2, -0.15) is 11.8 Å². The molecule has 100 valence electrons. The highest BCUT2D eigenvalue weighted by atomic mass is 32.2. The molecule has 0 aromatic carbocycles. The molecule has 2 fully saturated rings. The zero-order valence-electron chi connectivity index (χ0n) is 11.7. The highest BCUT2D eigenvalue weighted by Gasteiger charge is 2.44. The van der Waals surface area contributed by atoms with Crippen LogP contribution in [0.5, 0.6) is 0 Å². The zero-order chi connectivity index (χ0) is 12.5. The van der Waals surface area contributed by atoms with Crippen LogP contribution in [0.25, 0.3) is 0 Å². The van der Waals surface area contributed by atoms with Gasteiger partial charge in [0.2, 0.25) is 0 Å². The predicted octanol–water partition coefficient (Wildman–Crippen LogP) is 2.58. The minimum Gasteiger partial charge on any atom is -0.329 e. The summed E-state index contributed by atoms with van der Waals surface area (Å²) in [6.45, 7) is 10.5. The Morgan fingerprint density at radius 3 is 2.41 bits per heavy atom. The average Bonchev–Trinajstić information content (AvgIpc) is 2.28. The maximum atomic E-state index is 6.17. The highest BCUT2D eigenvalue weighted by molar-refractivity contribution is 7.99. The summed E-state index contributed by atoms with van der Waals surface area (Å²) in [5.74, 6) is 3.44. The third-order valence-electron chi connectivity index (χ3n) is 4.51. The summed E-state index contributed by atoms with van der Waals surface area (Å²) in [6.07, 6.45) is 3.98. The van der Waals surface area contributed by atoms with Gasteiger partial charge >= 0.3 is 0 Å². The van der Waals surface area contributed by atoms with Crippen molar-refractivity contribution in [2.24, 2.45) is 17.1 Å². The molecule has 0 aromatic heterocycles. The largest absolute Gasteiger partial charge is 0.329 e. The van der Waals surface area contributed by atoms with E-state index in [4.69, 9.17) is 5.73 Å². The van der Waals surface area contributed by atoms with Crippen LogP contribution in [-0.2, 0) is 0 Å². The quantitative estimate of drug-likeness (QED) is 0.823. The molecule has 2 heterocycles.